The third-order valence-corrected chi connectivity index (χ3v) is 4.73. The summed E-state index contributed by atoms with van der Waals surface area (Å²) in [5.74, 6) is 0. The lowest BCUT2D eigenvalue weighted by Gasteiger charge is -2.50. The molecule has 0 aromatic heterocycles. The van der Waals surface area contributed by atoms with Gasteiger partial charge >= 0.3 is 0 Å². The number of nitrogens with one attached hydrogen (secondary N) is 1. The lowest BCUT2D eigenvalue weighted by Crippen LogP contribution is -2.64. The molecule has 0 aliphatic carbocycles. The first-order valence-electron chi connectivity index (χ1n) is 8.11. The van der Waals surface area contributed by atoms with Gasteiger partial charge in [0.05, 0.1) is 0 Å². The first kappa shape index (κ1) is 15.5. The molecule has 0 bridgehead atoms. The zero-order valence-corrected chi connectivity index (χ0v) is 13.5. The maximum Gasteiger partial charge on any atom is 0.0281 e. The zero-order chi connectivity index (χ0) is 14.6. The molecule has 1 saturated heterocycles. The molecule has 1 aromatic rings. The second-order valence-corrected chi connectivity index (χ2v) is 6.70. The Morgan fingerprint density at radius 1 is 1.20 bits per heavy atom. The van der Waals surface area contributed by atoms with Crippen LogP contribution in [0.25, 0.3) is 0 Å². The number of nitrogens with zero attached hydrogens (tertiary/aromatic N) is 1. The van der Waals surface area contributed by atoms with Crippen LogP contribution in [-0.4, -0.2) is 35.6 Å². The van der Waals surface area contributed by atoms with Gasteiger partial charge in [-0.1, -0.05) is 44.2 Å². The molecule has 0 radical (unpaired) electrons. The van der Waals surface area contributed by atoms with E-state index < -0.39 is 0 Å². The van der Waals surface area contributed by atoms with E-state index in [1.165, 1.54) is 18.4 Å². The van der Waals surface area contributed by atoms with Crippen LogP contribution in [0.2, 0.25) is 0 Å². The molecule has 1 N–H and O–H groups in total. The van der Waals surface area contributed by atoms with Crippen LogP contribution in [-0.2, 0) is 6.42 Å². The second-order valence-electron chi connectivity index (χ2n) is 6.70. The Labute approximate surface area is 124 Å². The summed E-state index contributed by atoms with van der Waals surface area (Å²) in [6, 6.07) is 12.1. The summed E-state index contributed by atoms with van der Waals surface area (Å²) < 4.78 is 0. The molecule has 0 amide bonds. The van der Waals surface area contributed by atoms with Gasteiger partial charge in [0.25, 0.3) is 0 Å². The van der Waals surface area contributed by atoms with Gasteiger partial charge < -0.3 is 5.32 Å². The minimum atomic E-state index is 0.268. The van der Waals surface area contributed by atoms with E-state index in [2.05, 4.69) is 68.2 Å². The predicted octanol–water partition coefficient (Wildman–Crippen LogP) is 3.47. The summed E-state index contributed by atoms with van der Waals surface area (Å²) in [6.45, 7) is 11.6. The van der Waals surface area contributed by atoms with Gasteiger partial charge in [0.2, 0.25) is 0 Å². The summed E-state index contributed by atoms with van der Waals surface area (Å²) in [5, 5.41) is 3.75. The average Bonchev–Trinajstić information content (AvgIpc) is 2.45. The van der Waals surface area contributed by atoms with Crippen LogP contribution in [0.3, 0.4) is 0 Å². The molecule has 20 heavy (non-hydrogen) atoms. The molecule has 1 aromatic carbocycles. The molecule has 2 rings (SSSR count). The largest absolute Gasteiger partial charge is 0.311 e. The van der Waals surface area contributed by atoms with E-state index in [9.17, 15) is 0 Å². The van der Waals surface area contributed by atoms with Crippen molar-refractivity contribution in [1.82, 2.24) is 10.2 Å². The van der Waals surface area contributed by atoms with Gasteiger partial charge in [0.1, 0.15) is 0 Å². The summed E-state index contributed by atoms with van der Waals surface area (Å²) in [7, 11) is 0. The van der Waals surface area contributed by atoms with Crippen molar-refractivity contribution >= 4 is 0 Å². The van der Waals surface area contributed by atoms with Crippen molar-refractivity contribution in [3.05, 3.63) is 35.9 Å². The first-order valence-corrected chi connectivity index (χ1v) is 8.11. The van der Waals surface area contributed by atoms with Crippen LogP contribution in [0.4, 0.5) is 0 Å². The summed E-state index contributed by atoms with van der Waals surface area (Å²) in [6.07, 6.45) is 3.63. The SMILES string of the molecule is CCC(CC)N1CC(Cc2ccccc2)NCC1(C)C. The Kier molecular flexibility index (Phi) is 5.22. The Bertz CT molecular complexity index is 395. The van der Waals surface area contributed by atoms with E-state index in [4.69, 9.17) is 0 Å². The number of hydrogen-bond acceptors (Lipinski definition) is 2. The minimum Gasteiger partial charge on any atom is -0.311 e. The lowest BCUT2D eigenvalue weighted by molar-refractivity contribution is 0.0216. The molecule has 1 unspecified atom stereocenters. The van der Waals surface area contributed by atoms with E-state index in [0.717, 1.165) is 19.5 Å². The zero-order valence-electron chi connectivity index (χ0n) is 13.5. The maximum absolute atomic E-state index is 3.75. The Morgan fingerprint density at radius 3 is 2.45 bits per heavy atom. The molecule has 1 aliphatic rings. The number of rotatable bonds is 5. The van der Waals surface area contributed by atoms with Crippen molar-refractivity contribution < 1.29 is 0 Å². The third kappa shape index (κ3) is 3.62. The topological polar surface area (TPSA) is 15.3 Å². The number of hydrogen-bond donors (Lipinski definition) is 1. The van der Waals surface area contributed by atoms with Crippen LogP contribution in [0.1, 0.15) is 46.1 Å². The van der Waals surface area contributed by atoms with Crippen LogP contribution in [0, 0.1) is 0 Å². The average molecular weight is 274 g/mol. The van der Waals surface area contributed by atoms with Gasteiger partial charge in [0.15, 0.2) is 0 Å². The van der Waals surface area contributed by atoms with Gasteiger partial charge in [-0.2, -0.15) is 0 Å². The van der Waals surface area contributed by atoms with Crippen LogP contribution in [0.5, 0.6) is 0 Å². The molecule has 0 saturated carbocycles. The fourth-order valence-electron chi connectivity index (χ4n) is 3.45. The van der Waals surface area contributed by atoms with Crippen molar-refractivity contribution in [1.29, 1.82) is 0 Å². The predicted molar refractivity (Wildman–Crippen MR) is 87.1 cm³/mol. The van der Waals surface area contributed by atoms with Gasteiger partial charge in [-0.05, 0) is 38.7 Å². The van der Waals surface area contributed by atoms with E-state index in [0.29, 0.717) is 12.1 Å². The molecule has 1 atom stereocenters. The van der Waals surface area contributed by atoms with Crippen molar-refractivity contribution in [2.75, 3.05) is 13.1 Å². The van der Waals surface area contributed by atoms with Gasteiger partial charge in [-0.3, -0.25) is 4.90 Å². The van der Waals surface area contributed by atoms with Crippen molar-refractivity contribution in [2.24, 2.45) is 0 Å². The molecule has 2 heteroatoms. The van der Waals surface area contributed by atoms with Gasteiger partial charge in [-0.25, -0.2) is 0 Å². The lowest BCUT2D eigenvalue weighted by atomic mass is 9.91. The highest BCUT2D eigenvalue weighted by atomic mass is 15.3. The fraction of sp³-hybridized carbons (Fsp3) is 0.667. The van der Waals surface area contributed by atoms with Crippen LogP contribution >= 0.6 is 0 Å². The fourth-order valence-corrected chi connectivity index (χ4v) is 3.45. The standard InChI is InChI=1S/C18H30N2/c1-5-17(6-2)20-13-16(19-14-18(20,3)4)12-15-10-8-7-9-11-15/h7-11,16-17,19H,5-6,12-14H2,1-4H3. The van der Waals surface area contributed by atoms with Crippen LogP contribution < -0.4 is 5.32 Å². The highest BCUT2D eigenvalue weighted by Crippen LogP contribution is 2.25. The summed E-state index contributed by atoms with van der Waals surface area (Å²) >= 11 is 0. The quantitative estimate of drug-likeness (QED) is 0.884. The normalized spacial score (nSPS) is 23.1. The van der Waals surface area contributed by atoms with Crippen molar-refractivity contribution in [3.8, 4) is 0 Å². The first-order chi connectivity index (χ1) is 9.56. The van der Waals surface area contributed by atoms with E-state index in [-0.39, 0.29) is 5.54 Å². The van der Waals surface area contributed by atoms with Crippen molar-refractivity contribution in [2.45, 2.75) is 64.6 Å². The number of benzene rings is 1. The van der Waals surface area contributed by atoms with E-state index in [1.54, 1.807) is 0 Å². The molecule has 112 valence electrons. The summed E-state index contributed by atoms with van der Waals surface area (Å²) in [5.41, 5.74) is 1.71. The number of piperazine rings is 1. The van der Waals surface area contributed by atoms with Crippen molar-refractivity contribution in [3.63, 3.8) is 0 Å². The molecular formula is C18H30N2. The van der Waals surface area contributed by atoms with Crippen LogP contribution in [0.15, 0.2) is 30.3 Å². The van der Waals surface area contributed by atoms with E-state index in [1.807, 2.05) is 0 Å². The monoisotopic (exact) mass is 274 g/mol. The highest BCUT2D eigenvalue weighted by Gasteiger charge is 2.36. The highest BCUT2D eigenvalue weighted by molar-refractivity contribution is 5.16. The molecule has 0 spiro atoms. The van der Waals surface area contributed by atoms with E-state index >= 15 is 0 Å². The third-order valence-electron chi connectivity index (χ3n) is 4.73. The molecule has 1 heterocycles. The Balaban J connectivity index is 2.04. The van der Waals surface area contributed by atoms with Gasteiger partial charge in [0, 0.05) is 30.7 Å². The summed E-state index contributed by atoms with van der Waals surface area (Å²) in [4.78, 5) is 2.73. The molecular weight excluding hydrogens is 244 g/mol. The smallest absolute Gasteiger partial charge is 0.0281 e. The Hall–Kier alpha value is -0.860. The molecule has 2 nitrogen and oxygen atoms in total. The Morgan fingerprint density at radius 2 is 1.85 bits per heavy atom. The second kappa shape index (κ2) is 6.73. The molecule has 1 aliphatic heterocycles. The molecule has 1 fully saturated rings. The maximum atomic E-state index is 3.75. The van der Waals surface area contributed by atoms with Gasteiger partial charge in [-0.15, -0.1) is 0 Å². The minimum absolute atomic E-state index is 0.268.